The third-order valence-electron chi connectivity index (χ3n) is 7.52. The highest BCUT2D eigenvalue weighted by atomic mass is 32.7. The molecule has 1 aromatic carbocycles. The van der Waals surface area contributed by atoms with Gasteiger partial charge in [0.2, 0.25) is 0 Å². The molecule has 24 heteroatoms. The molecule has 0 bridgehead atoms. The number of carbonyl (C=O) groups is 1. The van der Waals surface area contributed by atoms with Crippen LogP contribution in [0.25, 0.3) is 22.2 Å². The molecule has 0 spiro atoms. The maximum atomic E-state index is 16.1. The van der Waals surface area contributed by atoms with Crippen molar-refractivity contribution in [2.75, 3.05) is 18.9 Å². The minimum Gasteiger partial charge on any atom is -0.382 e. The van der Waals surface area contributed by atoms with Crippen molar-refractivity contribution in [1.82, 2.24) is 34.5 Å². The van der Waals surface area contributed by atoms with Crippen molar-refractivity contribution in [3.63, 3.8) is 0 Å². The van der Waals surface area contributed by atoms with E-state index in [9.17, 15) is 13.9 Å². The number of anilines is 1. The fourth-order valence-corrected chi connectivity index (χ4v) is 8.40. The number of nitrogen functional groups attached to an aromatic ring is 1. The van der Waals surface area contributed by atoms with E-state index >= 15 is 8.78 Å². The molecule has 10 atom stereocenters. The summed E-state index contributed by atoms with van der Waals surface area (Å²) >= 11 is 7.97. The van der Waals surface area contributed by atoms with Gasteiger partial charge in [0, 0.05) is 0 Å². The lowest BCUT2D eigenvalue weighted by Gasteiger charge is -2.28. The van der Waals surface area contributed by atoms with Crippen LogP contribution in [0.15, 0.2) is 30.9 Å². The van der Waals surface area contributed by atoms with Gasteiger partial charge >= 0.3 is 13.6 Å². The zero-order valence-corrected chi connectivity index (χ0v) is 26.5. The number of halogens is 2. The number of ether oxygens (including phenoxy) is 2. The van der Waals surface area contributed by atoms with Crippen LogP contribution in [0.2, 0.25) is 0 Å². The van der Waals surface area contributed by atoms with Gasteiger partial charge in [-0.15, -0.1) is 5.10 Å². The van der Waals surface area contributed by atoms with E-state index in [1.54, 1.807) is 0 Å². The standard InChI is InChI=1S/C22H23F2N9O9P2S2/c23-12-16-10(39-21(12)32-7-29-15-18(25)27-6-28-20(15)32)4-37-44(36,46)42-17-11(5-38-43(35,45)41-16)40-22(13(17)24)33-9-3-1-2-8(19(26)34)14(9)30-31-33/h1-3,6-7,10-13,16-17,21-22H,4-5H2,(H2,26,34)(H,35,45)(H,36,46)(H2,25,27,28)/t10-,11-,12-,13-,16-,17-,21-,22-,43?,44?/m1/s1. The number of carbonyl (C=O) groups excluding carboxylic acids is 1. The Morgan fingerprint density at radius 2 is 1.57 bits per heavy atom. The number of hydrogen-bond acceptors (Lipinski definition) is 15. The molecule has 2 unspecified atom stereocenters. The summed E-state index contributed by atoms with van der Waals surface area (Å²) in [6.07, 6.45) is -10.9. The molecule has 46 heavy (non-hydrogen) atoms. The number of rotatable bonds is 3. The van der Waals surface area contributed by atoms with Crippen molar-refractivity contribution >= 4 is 72.0 Å². The number of nitrogens with two attached hydrogens (primary N) is 2. The highest BCUT2D eigenvalue weighted by molar-refractivity contribution is 8.44. The minimum atomic E-state index is -4.43. The van der Waals surface area contributed by atoms with Gasteiger partial charge in [0.25, 0.3) is 5.91 Å². The van der Waals surface area contributed by atoms with Gasteiger partial charge in [-0.05, 0) is 12.1 Å². The molecule has 3 aliphatic rings. The van der Waals surface area contributed by atoms with Crippen LogP contribution in [0, 0.1) is 0 Å². The lowest BCUT2D eigenvalue weighted by molar-refractivity contribution is -0.0567. The first-order chi connectivity index (χ1) is 21.8. The molecule has 6 heterocycles. The molecule has 246 valence electrons. The molecule has 4 aromatic rings. The molecule has 4 N–H and O–H groups in total. The van der Waals surface area contributed by atoms with Gasteiger partial charge in [-0.2, -0.15) is 0 Å². The third-order valence-corrected chi connectivity index (χ3v) is 10.7. The molecule has 3 saturated heterocycles. The Labute approximate surface area is 266 Å². The van der Waals surface area contributed by atoms with Crippen LogP contribution in [0.4, 0.5) is 14.6 Å². The van der Waals surface area contributed by atoms with Crippen LogP contribution in [0.1, 0.15) is 22.8 Å². The Hall–Kier alpha value is -2.78. The highest BCUT2D eigenvalue weighted by Gasteiger charge is 2.54. The van der Waals surface area contributed by atoms with Crippen LogP contribution in [0.5, 0.6) is 0 Å². The number of fused-ring (bicyclic) bond motifs is 4. The number of aromatic nitrogens is 7. The van der Waals surface area contributed by atoms with Crippen LogP contribution in [-0.4, -0.2) is 90.4 Å². The van der Waals surface area contributed by atoms with Gasteiger partial charge < -0.3 is 20.9 Å². The van der Waals surface area contributed by atoms with Crippen LogP contribution < -0.4 is 11.5 Å². The number of thiol groups is 2. The SMILES string of the molecule is NC(=O)c1cccc2c1nnn2[C@@H]1O[C@@H]2COP(=O)(S)O[C@H]3[C@@H](F)[C@H](n4cnc5c(N)ncnc54)O[C@@H]3COP(=O)(S)O[C@H]2[C@H]1F. The Kier molecular flexibility index (Phi) is 8.11. The van der Waals surface area contributed by atoms with Crippen LogP contribution in [0.3, 0.4) is 0 Å². The van der Waals surface area contributed by atoms with Crippen molar-refractivity contribution in [2.45, 2.75) is 49.2 Å². The fourth-order valence-electron chi connectivity index (χ4n) is 5.44. The number of benzene rings is 1. The molecule has 0 aliphatic carbocycles. The van der Waals surface area contributed by atoms with Crippen molar-refractivity contribution in [3.05, 3.63) is 36.4 Å². The average molecular weight is 722 g/mol. The summed E-state index contributed by atoms with van der Waals surface area (Å²) in [7, 11) is 0. The summed E-state index contributed by atoms with van der Waals surface area (Å²) in [6.45, 7) is -10.2. The summed E-state index contributed by atoms with van der Waals surface area (Å²) in [6, 6.07) is 4.40. The van der Waals surface area contributed by atoms with Crippen LogP contribution >= 0.6 is 38.1 Å². The zero-order chi connectivity index (χ0) is 32.5. The molecular formula is C22H23F2N9O9P2S2. The number of amides is 1. The first-order valence-corrected chi connectivity index (χ1v) is 18.7. The first-order valence-electron chi connectivity index (χ1n) is 13.3. The number of nitrogens with zero attached hydrogens (tertiary/aromatic N) is 7. The number of alkyl halides is 2. The molecule has 3 aliphatic heterocycles. The van der Waals surface area contributed by atoms with Gasteiger partial charge in [0.1, 0.15) is 41.8 Å². The number of hydrogen-bond donors (Lipinski definition) is 4. The Bertz CT molecular complexity index is 1940. The van der Waals surface area contributed by atoms with Gasteiger partial charge in [-0.1, -0.05) is 35.8 Å². The summed E-state index contributed by atoms with van der Waals surface area (Å²) in [5.74, 6) is -0.747. The van der Waals surface area contributed by atoms with Crippen LogP contribution in [-0.2, 0) is 36.7 Å². The lowest BCUT2D eigenvalue weighted by atomic mass is 10.1. The fraction of sp³-hybridized carbons (Fsp3) is 0.455. The van der Waals surface area contributed by atoms with E-state index in [1.807, 2.05) is 0 Å². The van der Waals surface area contributed by atoms with E-state index in [-0.39, 0.29) is 33.6 Å². The second kappa shape index (κ2) is 11.7. The van der Waals surface area contributed by atoms with Crippen molar-refractivity contribution < 1.29 is 50.3 Å². The van der Waals surface area contributed by atoms with E-state index < -0.39 is 81.9 Å². The summed E-state index contributed by atoms with van der Waals surface area (Å²) in [5.41, 5.74) is 11.8. The third kappa shape index (κ3) is 5.59. The molecule has 18 nitrogen and oxygen atoms in total. The van der Waals surface area contributed by atoms with Gasteiger partial charge in [0.15, 0.2) is 36.3 Å². The Morgan fingerprint density at radius 1 is 0.935 bits per heavy atom. The molecule has 1 amide bonds. The predicted octanol–water partition coefficient (Wildman–Crippen LogP) is 2.32. The molecule has 0 radical (unpaired) electrons. The normalized spacial score (nSPS) is 37.0. The summed E-state index contributed by atoms with van der Waals surface area (Å²) < 4.78 is 94.4. The van der Waals surface area contributed by atoms with Crippen molar-refractivity contribution in [3.8, 4) is 0 Å². The van der Waals surface area contributed by atoms with E-state index in [1.165, 1.54) is 29.1 Å². The monoisotopic (exact) mass is 721 g/mol. The lowest BCUT2D eigenvalue weighted by Crippen LogP contribution is -2.36. The zero-order valence-electron chi connectivity index (χ0n) is 22.9. The average Bonchev–Trinajstić information content (AvgIpc) is 3.76. The Balaban J connectivity index is 1.16. The second-order valence-corrected chi connectivity index (χ2v) is 16.1. The van der Waals surface area contributed by atoms with Gasteiger partial charge in [0.05, 0.1) is 30.6 Å². The number of primary amides is 1. The largest absolute Gasteiger partial charge is 0.386 e. The van der Waals surface area contributed by atoms with Crippen molar-refractivity contribution in [2.24, 2.45) is 5.73 Å². The maximum Gasteiger partial charge on any atom is 0.386 e. The van der Waals surface area contributed by atoms with E-state index in [0.29, 0.717) is 0 Å². The molecule has 3 aromatic heterocycles. The van der Waals surface area contributed by atoms with Gasteiger partial charge in [-0.25, -0.2) is 37.5 Å². The second-order valence-electron chi connectivity index (χ2n) is 10.3. The molecule has 7 rings (SSSR count). The van der Waals surface area contributed by atoms with E-state index in [2.05, 4.69) is 49.8 Å². The maximum absolute atomic E-state index is 16.1. The smallest absolute Gasteiger partial charge is 0.382 e. The summed E-state index contributed by atoms with van der Waals surface area (Å²) in [5, 5.41) is 7.83. The highest BCUT2D eigenvalue weighted by Crippen LogP contribution is 2.60. The number of imidazole rings is 1. The predicted molar refractivity (Wildman–Crippen MR) is 158 cm³/mol. The first kappa shape index (κ1) is 31.8. The quantitative estimate of drug-likeness (QED) is 0.176. The van der Waals surface area contributed by atoms with E-state index in [4.69, 9.17) is 39.0 Å². The minimum absolute atomic E-state index is 0.0319. The topological polar surface area (TPSA) is 233 Å². The molecule has 3 fully saturated rings. The molecular weight excluding hydrogens is 698 g/mol. The Morgan fingerprint density at radius 3 is 2.22 bits per heavy atom. The summed E-state index contributed by atoms with van der Waals surface area (Å²) in [4.78, 5) is 23.8. The van der Waals surface area contributed by atoms with E-state index in [0.717, 1.165) is 11.0 Å². The molecule has 0 saturated carbocycles. The van der Waals surface area contributed by atoms with Crippen molar-refractivity contribution in [1.29, 1.82) is 0 Å². The van der Waals surface area contributed by atoms with Gasteiger partial charge in [-0.3, -0.25) is 27.5 Å².